The molecule has 0 aromatic carbocycles. The van der Waals surface area contributed by atoms with Crippen LogP contribution in [0, 0.1) is 5.41 Å². The van der Waals surface area contributed by atoms with Gasteiger partial charge in [0.15, 0.2) is 0 Å². The molecular weight excluding hydrogens is 186 g/mol. The lowest BCUT2D eigenvalue weighted by Gasteiger charge is -2.09. The van der Waals surface area contributed by atoms with Gasteiger partial charge in [0.05, 0.1) is 0 Å². The number of hydrogen-bond donors (Lipinski definition) is 1. The third-order valence-corrected chi connectivity index (χ3v) is 2.61. The third kappa shape index (κ3) is 2.31. The van der Waals surface area contributed by atoms with Gasteiger partial charge in [0.25, 0.3) is 0 Å². The summed E-state index contributed by atoms with van der Waals surface area (Å²) in [6.45, 7) is 3.24. The Kier molecular flexibility index (Phi) is 2.12. The molecule has 1 aromatic heterocycles. The zero-order chi connectivity index (χ0) is 9.31. The summed E-state index contributed by atoms with van der Waals surface area (Å²) in [7, 11) is 0. The molecule has 0 amide bonds. The van der Waals surface area contributed by atoms with Crippen molar-refractivity contribution in [3.63, 3.8) is 0 Å². The third-order valence-electron chi connectivity index (χ3n) is 2.43. The van der Waals surface area contributed by atoms with Crippen LogP contribution in [0.25, 0.3) is 0 Å². The summed E-state index contributed by atoms with van der Waals surface area (Å²) < 4.78 is 0. The van der Waals surface area contributed by atoms with Gasteiger partial charge >= 0.3 is 0 Å². The molecule has 4 heteroatoms. The first-order valence-electron chi connectivity index (χ1n) is 4.40. The summed E-state index contributed by atoms with van der Waals surface area (Å²) in [5, 5.41) is 3.55. The van der Waals surface area contributed by atoms with E-state index in [-0.39, 0.29) is 0 Å². The van der Waals surface area contributed by atoms with Crippen LogP contribution in [0.4, 0.5) is 5.82 Å². The fourth-order valence-electron chi connectivity index (χ4n) is 1.13. The Bertz CT molecular complexity index is 309. The predicted molar refractivity (Wildman–Crippen MR) is 52.9 cm³/mol. The molecule has 0 bridgehead atoms. The van der Waals surface area contributed by atoms with Crippen LogP contribution in [0.5, 0.6) is 0 Å². The molecule has 1 aromatic rings. The fourth-order valence-corrected chi connectivity index (χ4v) is 1.27. The van der Waals surface area contributed by atoms with Crippen molar-refractivity contribution >= 4 is 17.4 Å². The highest BCUT2D eigenvalue weighted by atomic mass is 35.5. The Hall–Kier alpha value is -0.830. The van der Waals surface area contributed by atoms with Gasteiger partial charge in [-0.05, 0) is 35.9 Å². The van der Waals surface area contributed by atoms with E-state index in [9.17, 15) is 0 Å². The van der Waals surface area contributed by atoms with Crippen LogP contribution in [0.3, 0.4) is 0 Å². The molecule has 1 fully saturated rings. The van der Waals surface area contributed by atoms with Crippen LogP contribution in [0.15, 0.2) is 12.3 Å². The molecule has 3 nitrogen and oxygen atoms in total. The highest BCUT2D eigenvalue weighted by molar-refractivity contribution is 6.28. The second kappa shape index (κ2) is 3.14. The highest BCUT2D eigenvalue weighted by Gasteiger charge is 2.36. The molecule has 1 heterocycles. The first-order chi connectivity index (χ1) is 6.18. The number of anilines is 1. The minimum Gasteiger partial charge on any atom is -0.369 e. The lowest BCUT2D eigenvalue weighted by Crippen LogP contribution is -2.12. The summed E-state index contributed by atoms with van der Waals surface area (Å²) in [5.41, 5.74) is 0.484. The minimum absolute atomic E-state index is 0.297. The second-order valence-electron chi connectivity index (χ2n) is 3.88. The molecule has 0 unspecified atom stereocenters. The van der Waals surface area contributed by atoms with Crippen molar-refractivity contribution in [2.24, 2.45) is 5.41 Å². The Morgan fingerprint density at radius 1 is 1.62 bits per heavy atom. The maximum atomic E-state index is 5.65. The summed E-state index contributed by atoms with van der Waals surface area (Å²) in [6.07, 6.45) is 4.27. The summed E-state index contributed by atoms with van der Waals surface area (Å²) >= 11 is 5.65. The van der Waals surface area contributed by atoms with E-state index in [0.717, 1.165) is 12.4 Å². The monoisotopic (exact) mass is 197 g/mol. The van der Waals surface area contributed by atoms with Crippen molar-refractivity contribution in [3.05, 3.63) is 17.5 Å². The first-order valence-corrected chi connectivity index (χ1v) is 4.78. The molecule has 1 aliphatic carbocycles. The molecule has 1 aliphatic rings. The van der Waals surface area contributed by atoms with Crippen molar-refractivity contribution in [1.82, 2.24) is 9.97 Å². The number of aromatic nitrogens is 2. The lowest BCUT2D eigenvalue weighted by molar-refractivity contribution is 0.609. The molecule has 0 saturated heterocycles. The van der Waals surface area contributed by atoms with E-state index >= 15 is 0 Å². The first kappa shape index (κ1) is 8.75. The van der Waals surface area contributed by atoms with E-state index in [2.05, 4.69) is 22.2 Å². The van der Waals surface area contributed by atoms with Gasteiger partial charge in [-0.25, -0.2) is 9.97 Å². The SMILES string of the molecule is CC1(CNc2ccnc(Cl)n2)CC1. The normalized spacial score (nSPS) is 18.3. The molecule has 0 aliphatic heterocycles. The van der Waals surface area contributed by atoms with Crippen LogP contribution < -0.4 is 5.32 Å². The van der Waals surface area contributed by atoms with Crippen LogP contribution in [-0.2, 0) is 0 Å². The quantitative estimate of drug-likeness (QED) is 0.756. The largest absolute Gasteiger partial charge is 0.369 e. The zero-order valence-electron chi connectivity index (χ0n) is 7.55. The van der Waals surface area contributed by atoms with Crippen LogP contribution in [-0.4, -0.2) is 16.5 Å². The van der Waals surface area contributed by atoms with Crippen LogP contribution >= 0.6 is 11.6 Å². The van der Waals surface area contributed by atoms with Gasteiger partial charge < -0.3 is 5.32 Å². The van der Waals surface area contributed by atoms with Crippen LogP contribution in [0.2, 0.25) is 5.28 Å². The molecule has 70 valence electrons. The standard InChI is InChI=1S/C9H12ClN3/c1-9(3-4-9)6-12-7-2-5-11-8(10)13-7/h2,5H,3-4,6H2,1H3,(H,11,12,13). The highest BCUT2D eigenvalue weighted by Crippen LogP contribution is 2.44. The fraction of sp³-hybridized carbons (Fsp3) is 0.556. The Morgan fingerprint density at radius 3 is 3.00 bits per heavy atom. The van der Waals surface area contributed by atoms with E-state index in [1.165, 1.54) is 12.8 Å². The van der Waals surface area contributed by atoms with Crippen molar-refractivity contribution < 1.29 is 0 Å². The lowest BCUT2D eigenvalue weighted by atomic mass is 10.1. The van der Waals surface area contributed by atoms with Gasteiger partial charge in [-0.1, -0.05) is 6.92 Å². The molecule has 1 N–H and O–H groups in total. The Labute approximate surface area is 82.5 Å². The van der Waals surface area contributed by atoms with Gasteiger partial charge in [0.1, 0.15) is 5.82 Å². The number of halogens is 1. The van der Waals surface area contributed by atoms with E-state index in [4.69, 9.17) is 11.6 Å². The summed E-state index contributed by atoms with van der Waals surface area (Å²) in [4.78, 5) is 7.86. The van der Waals surface area contributed by atoms with Crippen molar-refractivity contribution in [1.29, 1.82) is 0 Å². The molecule has 13 heavy (non-hydrogen) atoms. The molecule has 0 spiro atoms. The van der Waals surface area contributed by atoms with Crippen LogP contribution in [0.1, 0.15) is 19.8 Å². The summed E-state index contributed by atoms with van der Waals surface area (Å²) in [5.74, 6) is 0.813. The van der Waals surface area contributed by atoms with E-state index < -0.39 is 0 Å². The van der Waals surface area contributed by atoms with Crippen molar-refractivity contribution in [3.8, 4) is 0 Å². The molecule has 1 saturated carbocycles. The Morgan fingerprint density at radius 2 is 2.38 bits per heavy atom. The van der Waals surface area contributed by atoms with Gasteiger partial charge in [-0.2, -0.15) is 0 Å². The summed E-state index contributed by atoms with van der Waals surface area (Å²) in [6, 6.07) is 1.83. The predicted octanol–water partition coefficient (Wildman–Crippen LogP) is 2.34. The minimum atomic E-state index is 0.297. The molecule has 2 rings (SSSR count). The van der Waals surface area contributed by atoms with E-state index in [1.807, 2.05) is 6.07 Å². The number of hydrogen-bond acceptors (Lipinski definition) is 3. The number of rotatable bonds is 3. The molecule has 0 atom stereocenters. The maximum Gasteiger partial charge on any atom is 0.224 e. The smallest absolute Gasteiger partial charge is 0.224 e. The Balaban J connectivity index is 1.94. The average molecular weight is 198 g/mol. The average Bonchev–Trinajstić information content (AvgIpc) is 2.82. The zero-order valence-corrected chi connectivity index (χ0v) is 8.30. The topological polar surface area (TPSA) is 37.8 Å². The van der Waals surface area contributed by atoms with E-state index in [1.54, 1.807) is 6.20 Å². The second-order valence-corrected chi connectivity index (χ2v) is 4.21. The number of nitrogens with one attached hydrogen (secondary N) is 1. The van der Waals surface area contributed by atoms with Gasteiger partial charge in [0, 0.05) is 12.7 Å². The molecule has 0 radical (unpaired) electrons. The molecular formula is C9H12ClN3. The van der Waals surface area contributed by atoms with Gasteiger partial charge in [-0.3, -0.25) is 0 Å². The van der Waals surface area contributed by atoms with Crippen molar-refractivity contribution in [2.75, 3.05) is 11.9 Å². The van der Waals surface area contributed by atoms with Gasteiger partial charge in [0.2, 0.25) is 5.28 Å². The van der Waals surface area contributed by atoms with Crippen molar-refractivity contribution in [2.45, 2.75) is 19.8 Å². The van der Waals surface area contributed by atoms with E-state index in [0.29, 0.717) is 10.7 Å². The maximum absolute atomic E-state index is 5.65. The number of nitrogens with zero attached hydrogens (tertiary/aromatic N) is 2. The van der Waals surface area contributed by atoms with Gasteiger partial charge in [-0.15, -0.1) is 0 Å².